The van der Waals surface area contributed by atoms with Crippen LogP contribution in [-0.4, -0.2) is 13.7 Å². The largest absolute Gasteiger partial charge is 0.380 e. The molecule has 0 fully saturated rings. The van der Waals surface area contributed by atoms with Gasteiger partial charge in [0.15, 0.2) is 0 Å². The van der Waals surface area contributed by atoms with Crippen LogP contribution in [0.2, 0.25) is 0 Å². The summed E-state index contributed by atoms with van der Waals surface area (Å²) in [4.78, 5) is 1.38. The summed E-state index contributed by atoms with van der Waals surface area (Å²) in [5, 5.41) is 4.83. The number of hydrogen-bond acceptors (Lipinski definition) is 3. The van der Waals surface area contributed by atoms with Crippen LogP contribution in [0.5, 0.6) is 0 Å². The average Bonchev–Trinajstić information content (AvgIpc) is 2.70. The number of halogens is 1. The summed E-state index contributed by atoms with van der Waals surface area (Å²) in [7, 11) is 1.76. The zero-order valence-electron chi connectivity index (χ0n) is 11.6. The summed E-state index contributed by atoms with van der Waals surface area (Å²) in [6.45, 7) is 7.09. The lowest BCUT2D eigenvalue weighted by Crippen LogP contribution is -2.19. The molecule has 0 spiro atoms. The normalized spacial score (nSPS) is 11.6. The Morgan fingerprint density at radius 2 is 2.16 bits per heavy atom. The Labute approximate surface area is 127 Å². The maximum atomic E-state index is 5.37. The summed E-state index contributed by atoms with van der Waals surface area (Å²) in [5.41, 5.74) is 1.32. The van der Waals surface area contributed by atoms with Gasteiger partial charge < -0.3 is 10.1 Å². The minimum absolute atomic E-state index is 0.673. The number of benzene rings is 1. The topological polar surface area (TPSA) is 21.3 Å². The van der Waals surface area contributed by atoms with E-state index in [-0.39, 0.29) is 0 Å². The minimum Gasteiger partial charge on any atom is -0.380 e. The lowest BCUT2D eigenvalue weighted by atomic mass is 10.1. The summed E-state index contributed by atoms with van der Waals surface area (Å²) in [5.74, 6) is 0.673. The molecule has 2 nitrogen and oxygen atoms in total. The average molecular weight is 342 g/mol. The Morgan fingerprint density at radius 1 is 1.37 bits per heavy atom. The van der Waals surface area contributed by atoms with Crippen LogP contribution in [0.15, 0.2) is 22.7 Å². The van der Waals surface area contributed by atoms with Gasteiger partial charge >= 0.3 is 0 Å². The number of hydrogen-bond donors (Lipinski definition) is 1. The maximum Gasteiger partial charge on any atom is 0.0730 e. The maximum absolute atomic E-state index is 5.37. The lowest BCUT2D eigenvalue weighted by Gasteiger charge is -2.08. The highest BCUT2D eigenvalue weighted by Crippen LogP contribution is 2.36. The van der Waals surface area contributed by atoms with Gasteiger partial charge in [-0.25, -0.2) is 0 Å². The predicted octanol–water partition coefficient (Wildman–Crippen LogP) is 4.56. The molecule has 1 aromatic carbocycles. The molecular formula is C15H20BrNOS. The molecule has 0 aliphatic rings. The molecule has 4 heteroatoms. The van der Waals surface area contributed by atoms with Crippen LogP contribution >= 0.6 is 27.3 Å². The van der Waals surface area contributed by atoms with Crippen molar-refractivity contribution in [2.24, 2.45) is 5.92 Å². The Morgan fingerprint density at radius 3 is 2.84 bits per heavy atom. The van der Waals surface area contributed by atoms with Crippen LogP contribution in [0.4, 0.5) is 0 Å². The second-order valence-corrected chi connectivity index (χ2v) is 7.04. The van der Waals surface area contributed by atoms with Crippen molar-refractivity contribution < 1.29 is 4.74 Å². The molecule has 1 aromatic heterocycles. The molecule has 0 bridgehead atoms. The van der Waals surface area contributed by atoms with Gasteiger partial charge in [0, 0.05) is 33.3 Å². The number of fused-ring (bicyclic) bond motifs is 1. The first-order valence-corrected chi connectivity index (χ1v) is 8.12. The summed E-state index contributed by atoms with van der Waals surface area (Å²) < 4.78 is 7.85. The molecule has 0 unspecified atom stereocenters. The second kappa shape index (κ2) is 6.84. The first-order valence-electron chi connectivity index (χ1n) is 6.52. The Kier molecular flexibility index (Phi) is 5.39. The number of thiophene rings is 1. The number of rotatable bonds is 6. The van der Waals surface area contributed by atoms with Crippen LogP contribution in [0, 0.1) is 5.92 Å². The van der Waals surface area contributed by atoms with E-state index in [0.29, 0.717) is 12.5 Å². The molecule has 0 atom stereocenters. The number of methoxy groups -OCH3 is 1. The third-order valence-electron chi connectivity index (χ3n) is 2.98. The van der Waals surface area contributed by atoms with E-state index in [1.54, 1.807) is 7.11 Å². The molecule has 0 aliphatic carbocycles. The van der Waals surface area contributed by atoms with E-state index in [2.05, 4.69) is 53.3 Å². The van der Waals surface area contributed by atoms with Gasteiger partial charge in [0.2, 0.25) is 0 Å². The van der Waals surface area contributed by atoms with Crippen molar-refractivity contribution in [2.45, 2.75) is 27.0 Å². The fourth-order valence-electron chi connectivity index (χ4n) is 2.10. The van der Waals surface area contributed by atoms with Gasteiger partial charge in [-0.2, -0.15) is 0 Å². The quantitative estimate of drug-likeness (QED) is 0.831. The highest BCUT2D eigenvalue weighted by atomic mass is 79.9. The molecule has 104 valence electrons. The van der Waals surface area contributed by atoms with E-state index in [0.717, 1.165) is 13.1 Å². The van der Waals surface area contributed by atoms with Gasteiger partial charge in [0.1, 0.15) is 0 Å². The number of ether oxygens (including phenoxy) is 1. The van der Waals surface area contributed by atoms with Gasteiger partial charge in [-0.05, 0) is 39.8 Å². The highest BCUT2D eigenvalue weighted by Gasteiger charge is 2.13. The van der Waals surface area contributed by atoms with Crippen LogP contribution in [0.1, 0.15) is 24.3 Å². The Balaban J connectivity index is 2.30. The first-order chi connectivity index (χ1) is 9.13. The third-order valence-corrected chi connectivity index (χ3v) is 5.19. The van der Waals surface area contributed by atoms with Crippen molar-refractivity contribution in [1.29, 1.82) is 0 Å². The fourth-order valence-corrected chi connectivity index (χ4v) is 3.89. The van der Waals surface area contributed by atoms with Crippen molar-refractivity contribution in [3.05, 3.63) is 33.1 Å². The minimum atomic E-state index is 0.673. The van der Waals surface area contributed by atoms with E-state index in [4.69, 9.17) is 4.74 Å². The molecule has 0 amide bonds. The molecule has 1 heterocycles. The van der Waals surface area contributed by atoms with Gasteiger partial charge in [-0.15, -0.1) is 11.3 Å². The van der Waals surface area contributed by atoms with Gasteiger partial charge in [-0.1, -0.05) is 26.0 Å². The zero-order valence-corrected chi connectivity index (χ0v) is 14.0. The van der Waals surface area contributed by atoms with E-state index >= 15 is 0 Å². The van der Waals surface area contributed by atoms with Crippen LogP contribution in [0.25, 0.3) is 10.1 Å². The molecular weight excluding hydrogens is 322 g/mol. The van der Waals surface area contributed by atoms with Crippen molar-refractivity contribution in [2.75, 3.05) is 13.7 Å². The van der Waals surface area contributed by atoms with Crippen LogP contribution in [0.3, 0.4) is 0 Å². The fraction of sp³-hybridized carbons (Fsp3) is 0.467. The molecule has 2 rings (SSSR count). The van der Waals surface area contributed by atoms with Crippen LogP contribution < -0.4 is 5.32 Å². The van der Waals surface area contributed by atoms with E-state index in [1.165, 1.54) is 25.0 Å². The lowest BCUT2D eigenvalue weighted by molar-refractivity contribution is 0.185. The standard InChI is InChI=1S/C15H20BrNOS/c1-10(2)7-17-8-14-12(9-18-3)11-5-4-6-13(16)15(11)19-14/h4-6,10,17H,7-9H2,1-3H3. The molecule has 0 radical (unpaired) electrons. The van der Waals surface area contributed by atoms with E-state index in [9.17, 15) is 0 Å². The predicted molar refractivity (Wildman–Crippen MR) is 86.8 cm³/mol. The molecule has 1 N–H and O–H groups in total. The third kappa shape index (κ3) is 3.57. The Bertz CT molecular complexity index is 550. The Hall–Kier alpha value is -0.420. The van der Waals surface area contributed by atoms with Crippen molar-refractivity contribution in [3.8, 4) is 0 Å². The molecule has 2 aromatic rings. The molecule has 19 heavy (non-hydrogen) atoms. The molecule has 0 saturated heterocycles. The number of nitrogens with one attached hydrogen (secondary N) is 1. The van der Waals surface area contributed by atoms with Crippen molar-refractivity contribution >= 4 is 37.4 Å². The summed E-state index contributed by atoms with van der Waals surface area (Å²) in [6.07, 6.45) is 0. The summed E-state index contributed by atoms with van der Waals surface area (Å²) in [6, 6.07) is 6.36. The first kappa shape index (κ1) is 15.0. The second-order valence-electron chi connectivity index (χ2n) is 5.08. The summed E-state index contributed by atoms with van der Waals surface area (Å²) >= 11 is 5.49. The zero-order chi connectivity index (χ0) is 13.8. The smallest absolute Gasteiger partial charge is 0.0730 e. The molecule has 0 aliphatic heterocycles. The van der Waals surface area contributed by atoms with E-state index < -0.39 is 0 Å². The van der Waals surface area contributed by atoms with Gasteiger partial charge in [0.25, 0.3) is 0 Å². The van der Waals surface area contributed by atoms with Gasteiger partial charge in [-0.3, -0.25) is 0 Å². The van der Waals surface area contributed by atoms with Crippen LogP contribution in [-0.2, 0) is 17.9 Å². The SMILES string of the molecule is COCc1c(CNCC(C)C)sc2c(Br)cccc12. The monoisotopic (exact) mass is 341 g/mol. The highest BCUT2D eigenvalue weighted by molar-refractivity contribution is 9.10. The van der Waals surface area contributed by atoms with E-state index in [1.807, 2.05) is 11.3 Å². The van der Waals surface area contributed by atoms with Crippen molar-refractivity contribution in [1.82, 2.24) is 5.32 Å². The van der Waals surface area contributed by atoms with Gasteiger partial charge in [0.05, 0.1) is 6.61 Å². The molecule has 0 saturated carbocycles. The van der Waals surface area contributed by atoms with Crippen molar-refractivity contribution in [3.63, 3.8) is 0 Å².